The van der Waals surface area contributed by atoms with E-state index < -0.39 is 0 Å². The Balaban J connectivity index is 2.32. The van der Waals surface area contributed by atoms with Gasteiger partial charge in [-0.3, -0.25) is 0 Å². The van der Waals surface area contributed by atoms with Crippen molar-refractivity contribution < 1.29 is 4.74 Å². The molecule has 1 fully saturated rings. The fourth-order valence-corrected chi connectivity index (χ4v) is 1.45. The molecule has 0 spiro atoms. The number of hydrogen-bond donors (Lipinski definition) is 0. The normalized spacial score (nSPS) is 26.9. The highest BCUT2D eigenvalue weighted by molar-refractivity contribution is 5.02. The van der Waals surface area contributed by atoms with Gasteiger partial charge in [0.15, 0.2) is 0 Å². The van der Waals surface area contributed by atoms with E-state index in [-0.39, 0.29) is 0 Å². The van der Waals surface area contributed by atoms with Gasteiger partial charge >= 0.3 is 0 Å². The molecule has 10 heavy (non-hydrogen) atoms. The van der Waals surface area contributed by atoms with Crippen LogP contribution < -0.4 is 0 Å². The van der Waals surface area contributed by atoms with Crippen LogP contribution >= 0.6 is 0 Å². The maximum Gasteiger partial charge on any atom is 0.0676 e. The van der Waals surface area contributed by atoms with Crippen molar-refractivity contribution in [3.63, 3.8) is 0 Å². The van der Waals surface area contributed by atoms with Crippen molar-refractivity contribution in [2.45, 2.75) is 26.2 Å². The monoisotopic (exact) mass is 140 g/mol. The van der Waals surface area contributed by atoms with Crippen LogP contribution in [0.4, 0.5) is 0 Å². The third-order valence-corrected chi connectivity index (χ3v) is 2.11. The zero-order chi connectivity index (χ0) is 7.40. The van der Waals surface area contributed by atoms with E-state index in [0.29, 0.717) is 0 Å². The minimum Gasteiger partial charge on any atom is -0.377 e. The van der Waals surface area contributed by atoms with Crippen molar-refractivity contribution in [1.29, 1.82) is 0 Å². The molecule has 0 radical (unpaired) electrons. The van der Waals surface area contributed by atoms with Gasteiger partial charge in [0.05, 0.1) is 6.61 Å². The molecule has 0 bridgehead atoms. The van der Waals surface area contributed by atoms with Crippen molar-refractivity contribution in [3.05, 3.63) is 12.2 Å². The molecule has 1 aliphatic heterocycles. The average Bonchev–Trinajstić information content (AvgIpc) is 1.94. The summed E-state index contributed by atoms with van der Waals surface area (Å²) in [5.41, 5.74) is 1.30. The molecule has 58 valence electrons. The number of ether oxygens (including phenoxy) is 1. The molecule has 0 N–H and O–H groups in total. The number of hydrogen-bond acceptors (Lipinski definition) is 1. The molecule has 1 unspecified atom stereocenters. The molecule has 1 saturated heterocycles. The molecule has 0 saturated carbocycles. The van der Waals surface area contributed by atoms with E-state index in [4.69, 9.17) is 4.74 Å². The van der Waals surface area contributed by atoms with Gasteiger partial charge in [-0.15, -0.1) is 0 Å². The van der Waals surface area contributed by atoms with Gasteiger partial charge < -0.3 is 4.74 Å². The lowest BCUT2D eigenvalue weighted by Crippen LogP contribution is -2.18. The van der Waals surface area contributed by atoms with E-state index in [9.17, 15) is 0 Å². The first-order valence-electron chi connectivity index (χ1n) is 4.10. The highest BCUT2D eigenvalue weighted by atomic mass is 16.5. The highest BCUT2D eigenvalue weighted by Gasteiger charge is 2.15. The van der Waals surface area contributed by atoms with Gasteiger partial charge in [-0.1, -0.05) is 19.9 Å². The largest absolute Gasteiger partial charge is 0.377 e. The quantitative estimate of drug-likeness (QED) is 0.535. The van der Waals surface area contributed by atoms with Crippen LogP contribution in [0.2, 0.25) is 0 Å². The second-order valence-electron chi connectivity index (χ2n) is 2.99. The first-order valence-corrected chi connectivity index (χ1v) is 4.10. The van der Waals surface area contributed by atoms with Crippen LogP contribution in [0.1, 0.15) is 26.2 Å². The average molecular weight is 140 g/mol. The van der Waals surface area contributed by atoms with Crippen molar-refractivity contribution in [2.24, 2.45) is 5.92 Å². The molecular formula is C9H16O. The van der Waals surface area contributed by atoms with Gasteiger partial charge in [0, 0.05) is 6.61 Å². The fraction of sp³-hybridized carbons (Fsp3) is 0.778. The van der Waals surface area contributed by atoms with Gasteiger partial charge in [-0.2, -0.15) is 0 Å². The summed E-state index contributed by atoms with van der Waals surface area (Å²) in [5.74, 6) is 0.749. The molecule has 1 atom stereocenters. The highest BCUT2D eigenvalue weighted by Crippen LogP contribution is 2.23. The predicted molar refractivity (Wildman–Crippen MR) is 43.0 cm³/mol. The van der Waals surface area contributed by atoms with Crippen LogP contribution in [0, 0.1) is 5.92 Å². The van der Waals surface area contributed by atoms with Gasteiger partial charge in [0.25, 0.3) is 0 Å². The smallest absolute Gasteiger partial charge is 0.0676 e. The van der Waals surface area contributed by atoms with Crippen LogP contribution in [0.3, 0.4) is 0 Å². The SMILES string of the molecule is C=C1COCCC1CCC. The van der Waals surface area contributed by atoms with Gasteiger partial charge in [0.1, 0.15) is 0 Å². The molecule has 1 heteroatoms. The summed E-state index contributed by atoms with van der Waals surface area (Å²) in [4.78, 5) is 0. The first-order chi connectivity index (χ1) is 4.84. The summed E-state index contributed by atoms with van der Waals surface area (Å²) in [6.07, 6.45) is 3.75. The maximum atomic E-state index is 5.26. The predicted octanol–water partition coefficient (Wildman–Crippen LogP) is 2.38. The lowest BCUT2D eigenvalue weighted by atomic mass is 9.91. The van der Waals surface area contributed by atoms with Crippen molar-refractivity contribution >= 4 is 0 Å². The minimum absolute atomic E-state index is 0.749. The van der Waals surface area contributed by atoms with Crippen molar-refractivity contribution in [1.82, 2.24) is 0 Å². The Morgan fingerprint density at radius 2 is 2.50 bits per heavy atom. The van der Waals surface area contributed by atoms with E-state index in [1.165, 1.54) is 24.8 Å². The molecule has 1 aliphatic rings. The molecule has 0 amide bonds. The molecular weight excluding hydrogens is 124 g/mol. The maximum absolute atomic E-state index is 5.26. The van der Waals surface area contributed by atoms with Gasteiger partial charge in [0.2, 0.25) is 0 Å². The Morgan fingerprint density at radius 3 is 3.10 bits per heavy atom. The molecule has 1 rings (SSSR count). The molecule has 0 aromatic rings. The van der Waals surface area contributed by atoms with Gasteiger partial charge in [-0.05, 0) is 24.3 Å². The van der Waals surface area contributed by atoms with Crippen molar-refractivity contribution in [3.8, 4) is 0 Å². The topological polar surface area (TPSA) is 9.23 Å². The zero-order valence-corrected chi connectivity index (χ0v) is 6.73. The van der Waals surface area contributed by atoms with E-state index in [2.05, 4.69) is 13.5 Å². The molecule has 1 heterocycles. The van der Waals surface area contributed by atoms with Crippen LogP contribution in [0.25, 0.3) is 0 Å². The summed E-state index contributed by atoms with van der Waals surface area (Å²) >= 11 is 0. The Morgan fingerprint density at radius 1 is 1.70 bits per heavy atom. The fourth-order valence-electron chi connectivity index (χ4n) is 1.45. The number of rotatable bonds is 2. The standard InChI is InChI=1S/C9H16O/c1-3-4-9-5-6-10-7-8(9)2/h9H,2-7H2,1H3. The van der Waals surface area contributed by atoms with E-state index in [1.807, 2.05) is 0 Å². The molecule has 0 aromatic carbocycles. The second-order valence-corrected chi connectivity index (χ2v) is 2.99. The lowest BCUT2D eigenvalue weighted by molar-refractivity contribution is 0.105. The lowest BCUT2D eigenvalue weighted by Gasteiger charge is -2.23. The van der Waals surface area contributed by atoms with Crippen LogP contribution in [-0.4, -0.2) is 13.2 Å². The zero-order valence-electron chi connectivity index (χ0n) is 6.73. The Kier molecular flexibility index (Phi) is 2.94. The van der Waals surface area contributed by atoms with E-state index >= 15 is 0 Å². The van der Waals surface area contributed by atoms with Crippen LogP contribution in [0.15, 0.2) is 12.2 Å². The third-order valence-electron chi connectivity index (χ3n) is 2.11. The van der Waals surface area contributed by atoms with Gasteiger partial charge in [-0.25, -0.2) is 0 Å². The molecule has 1 nitrogen and oxygen atoms in total. The molecule has 0 aliphatic carbocycles. The van der Waals surface area contributed by atoms with E-state index in [0.717, 1.165) is 19.1 Å². The summed E-state index contributed by atoms with van der Waals surface area (Å²) in [7, 11) is 0. The molecule has 0 aromatic heterocycles. The summed E-state index contributed by atoms with van der Waals surface area (Å²) in [6.45, 7) is 7.94. The summed E-state index contributed by atoms with van der Waals surface area (Å²) in [6, 6.07) is 0. The van der Waals surface area contributed by atoms with E-state index in [1.54, 1.807) is 0 Å². The summed E-state index contributed by atoms with van der Waals surface area (Å²) in [5, 5.41) is 0. The third kappa shape index (κ3) is 1.84. The Bertz CT molecular complexity index is 116. The summed E-state index contributed by atoms with van der Waals surface area (Å²) < 4.78 is 5.26. The second kappa shape index (κ2) is 3.77. The Labute approximate surface area is 63.1 Å². The van der Waals surface area contributed by atoms with Crippen molar-refractivity contribution in [2.75, 3.05) is 13.2 Å². The van der Waals surface area contributed by atoms with Crippen LogP contribution in [0.5, 0.6) is 0 Å². The Hall–Kier alpha value is -0.300. The van der Waals surface area contributed by atoms with Crippen LogP contribution in [-0.2, 0) is 4.74 Å². The minimum atomic E-state index is 0.749. The first kappa shape index (κ1) is 7.80.